The summed E-state index contributed by atoms with van der Waals surface area (Å²) in [6.07, 6.45) is 9.62. The molecule has 20 heavy (non-hydrogen) atoms. The molecule has 0 amide bonds. The number of hydrogen-bond acceptors (Lipinski definition) is 1. The molecule has 1 aromatic carbocycles. The summed E-state index contributed by atoms with van der Waals surface area (Å²) in [4.78, 5) is 12.5. The number of fused-ring (bicyclic) bond motifs is 1. The molecule has 108 valence electrons. The topological polar surface area (TPSA) is 17.1 Å². The number of carbonyl (C=O) groups excluding carboxylic acids is 1. The molecule has 2 aliphatic rings. The summed E-state index contributed by atoms with van der Waals surface area (Å²) in [6, 6.07) is 7.73. The van der Waals surface area contributed by atoms with Crippen LogP contribution in [0.3, 0.4) is 0 Å². The van der Waals surface area contributed by atoms with E-state index in [1.54, 1.807) is 0 Å². The molecular weight excluding hydrogens is 268 g/mol. The Labute approximate surface area is 126 Å². The van der Waals surface area contributed by atoms with Crippen LogP contribution in [0.15, 0.2) is 24.3 Å². The van der Waals surface area contributed by atoms with Crippen molar-refractivity contribution in [3.8, 4) is 0 Å². The summed E-state index contributed by atoms with van der Waals surface area (Å²) in [5.41, 5.74) is 1.06. The van der Waals surface area contributed by atoms with Crippen LogP contribution in [0.5, 0.6) is 0 Å². The van der Waals surface area contributed by atoms with Crippen molar-refractivity contribution in [2.45, 2.75) is 51.4 Å². The molecule has 0 spiro atoms. The summed E-state index contributed by atoms with van der Waals surface area (Å²) in [5, 5.41) is 0.728. The third-order valence-electron chi connectivity index (χ3n) is 5.26. The first-order chi connectivity index (χ1) is 9.72. The molecule has 0 radical (unpaired) electrons. The second-order valence-electron chi connectivity index (χ2n) is 6.59. The fraction of sp³-hybridized carbons (Fsp3) is 0.611. The van der Waals surface area contributed by atoms with Gasteiger partial charge in [0, 0.05) is 17.4 Å². The minimum Gasteiger partial charge on any atom is -0.299 e. The minimum atomic E-state index is 0.299. The lowest BCUT2D eigenvalue weighted by Gasteiger charge is -2.38. The van der Waals surface area contributed by atoms with Crippen LogP contribution in [0.1, 0.15) is 50.5 Å². The normalized spacial score (nSPS) is 29.8. The molecule has 3 unspecified atom stereocenters. The predicted octanol–water partition coefficient (Wildman–Crippen LogP) is 5.06. The maximum absolute atomic E-state index is 12.5. The highest BCUT2D eigenvalue weighted by Gasteiger charge is 2.34. The van der Waals surface area contributed by atoms with Gasteiger partial charge in [0.15, 0.2) is 0 Å². The highest BCUT2D eigenvalue weighted by molar-refractivity contribution is 6.30. The predicted molar refractivity (Wildman–Crippen MR) is 83.0 cm³/mol. The van der Waals surface area contributed by atoms with E-state index in [2.05, 4.69) is 0 Å². The molecule has 2 saturated carbocycles. The monoisotopic (exact) mass is 290 g/mol. The van der Waals surface area contributed by atoms with Crippen LogP contribution in [0.25, 0.3) is 0 Å². The first-order valence-corrected chi connectivity index (χ1v) is 8.37. The van der Waals surface area contributed by atoms with Crippen LogP contribution >= 0.6 is 11.6 Å². The molecule has 1 aromatic rings. The highest BCUT2D eigenvalue weighted by Crippen LogP contribution is 2.43. The van der Waals surface area contributed by atoms with Gasteiger partial charge in [-0.05, 0) is 48.8 Å². The van der Waals surface area contributed by atoms with Crippen molar-refractivity contribution in [3.63, 3.8) is 0 Å². The van der Waals surface area contributed by atoms with Crippen LogP contribution in [0.4, 0.5) is 0 Å². The lowest BCUT2D eigenvalue weighted by molar-refractivity contribution is -0.124. The van der Waals surface area contributed by atoms with Crippen LogP contribution in [-0.2, 0) is 11.2 Å². The molecule has 0 aliphatic heterocycles. The van der Waals surface area contributed by atoms with Gasteiger partial charge in [-0.2, -0.15) is 0 Å². The van der Waals surface area contributed by atoms with Crippen molar-refractivity contribution in [2.24, 2.45) is 17.8 Å². The Kier molecular flexibility index (Phi) is 4.45. The van der Waals surface area contributed by atoms with Crippen LogP contribution in [-0.4, -0.2) is 5.78 Å². The Hall–Kier alpha value is -0.820. The summed E-state index contributed by atoms with van der Waals surface area (Å²) < 4.78 is 0. The largest absolute Gasteiger partial charge is 0.299 e. The number of carbonyl (C=O) groups is 1. The minimum absolute atomic E-state index is 0.299. The molecular formula is C18H23ClO. The van der Waals surface area contributed by atoms with Crippen molar-refractivity contribution in [1.29, 1.82) is 0 Å². The van der Waals surface area contributed by atoms with E-state index < -0.39 is 0 Å². The lowest BCUT2D eigenvalue weighted by Crippen LogP contribution is -2.31. The fourth-order valence-electron chi connectivity index (χ4n) is 4.16. The summed E-state index contributed by atoms with van der Waals surface area (Å²) >= 11 is 5.99. The quantitative estimate of drug-likeness (QED) is 0.760. The van der Waals surface area contributed by atoms with Crippen molar-refractivity contribution < 1.29 is 4.79 Å². The van der Waals surface area contributed by atoms with E-state index in [-0.39, 0.29) is 0 Å². The average Bonchev–Trinajstić information content (AvgIpc) is 2.47. The van der Waals surface area contributed by atoms with Gasteiger partial charge in [-0.15, -0.1) is 0 Å². The first kappa shape index (κ1) is 14.1. The Bertz CT molecular complexity index is 482. The molecule has 1 nitrogen and oxygen atoms in total. The van der Waals surface area contributed by atoms with Gasteiger partial charge in [0.2, 0.25) is 0 Å². The zero-order chi connectivity index (χ0) is 13.9. The first-order valence-electron chi connectivity index (χ1n) is 7.99. The van der Waals surface area contributed by atoms with E-state index in [9.17, 15) is 4.79 Å². The number of benzene rings is 1. The van der Waals surface area contributed by atoms with Gasteiger partial charge in [0.1, 0.15) is 5.78 Å². The van der Waals surface area contributed by atoms with Gasteiger partial charge in [-0.3, -0.25) is 4.79 Å². The van der Waals surface area contributed by atoms with Crippen LogP contribution in [0.2, 0.25) is 5.02 Å². The standard InChI is InChI=1S/C18H23ClO/c19-17-7-3-4-13(10-17)11-18(20)16-9-8-14-5-1-2-6-15(14)12-16/h3-4,7,10,14-16H,1-2,5-6,8-9,11-12H2. The van der Waals surface area contributed by atoms with Crippen molar-refractivity contribution in [2.75, 3.05) is 0 Å². The van der Waals surface area contributed by atoms with Gasteiger partial charge in [-0.1, -0.05) is 49.4 Å². The number of hydrogen-bond donors (Lipinski definition) is 0. The molecule has 2 heteroatoms. The van der Waals surface area contributed by atoms with Crippen molar-refractivity contribution in [3.05, 3.63) is 34.9 Å². The average molecular weight is 291 g/mol. The summed E-state index contributed by atoms with van der Waals surface area (Å²) in [7, 11) is 0. The molecule has 0 saturated heterocycles. The Morgan fingerprint density at radius 3 is 2.70 bits per heavy atom. The second kappa shape index (κ2) is 6.30. The Balaban J connectivity index is 1.60. The molecule has 2 fully saturated rings. The van der Waals surface area contributed by atoms with Gasteiger partial charge in [-0.25, -0.2) is 0 Å². The Morgan fingerprint density at radius 1 is 1.10 bits per heavy atom. The molecule has 3 rings (SSSR count). The van der Waals surface area contributed by atoms with Gasteiger partial charge < -0.3 is 0 Å². The van der Waals surface area contributed by atoms with E-state index in [0.29, 0.717) is 18.1 Å². The summed E-state index contributed by atoms with van der Waals surface area (Å²) in [5.74, 6) is 2.47. The highest BCUT2D eigenvalue weighted by atomic mass is 35.5. The number of rotatable bonds is 3. The SMILES string of the molecule is O=C(Cc1cccc(Cl)c1)C1CCC2CCCCC2C1. The zero-order valence-corrected chi connectivity index (χ0v) is 12.7. The number of ketones is 1. The van der Waals surface area contributed by atoms with E-state index in [4.69, 9.17) is 11.6 Å². The van der Waals surface area contributed by atoms with Crippen molar-refractivity contribution >= 4 is 17.4 Å². The van der Waals surface area contributed by atoms with Crippen LogP contribution < -0.4 is 0 Å². The Morgan fingerprint density at radius 2 is 1.90 bits per heavy atom. The van der Waals surface area contributed by atoms with Gasteiger partial charge >= 0.3 is 0 Å². The molecule has 0 N–H and O–H groups in total. The van der Waals surface area contributed by atoms with Crippen LogP contribution in [0, 0.1) is 17.8 Å². The van der Waals surface area contributed by atoms with Gasteiger partial charge in [0.25, 0.3) is 0 Å². The number of Topliss-reactive ketones (excluding diaryl/α,β-unsaturated/α-hetero) is 1. The smallest absolute Gasteiger partial charge is 0.140 e. The van der Waals surface area contributed by atoms with E-state index in [1.165, 1.54) is 32.1 Å². The second-order valence-corrected chi connectivity index (χ2v) is 7.02. The van der Waals surface area contributed by atoms with E-state index in [1.807, 2.05) is 24.3 Å². The third kappa shape index (κ3) is 3.25. The molecule has 3 atom stereocenters. The maximum Gasteiger partial charge on any atom is 0.140 e. The van der Waals surface area contributed by atoms with Crippen molar-refractivity contribution in [1.82, 2.24) is 0 Å². The fourth-order valence-corrected chi connectivity index (χ4v) is 4.37. The zero-order valence-electron chi connectivity index (χ0n) is 12.0. The van der Waals surface area contributed by atoms with E-state index >= 15 is 0 Å². The third-order valence-corrected chi connectivity index (χ3v) is 5.50. The van der Waals surface area contributed by atoms with E-state index in [0.717, 1.165) is 35.3 Å². The molecule has 2 aliphatic carbocycles. The molecule has 0 bridgehead atoms. The lowest BCUT2D eigenvalue weighted by atomic mass is 9.66. The maximum atomic E-state index is 12.5. The summed E-state index contributed by atoms with van der Waals surface area (Å²) in [6.45, 7) is 0. The molecule has 0 heterocycles. The number of halogens is 1. The molecule has 0 aromatic heterocycles. The van der Waals surface area contributed by atoms with Gasteiger partial charge in [0.05, 0.1) is 0 Å².